The normalized spacial score (nSPS) is 29.0. The molecule has 0 aromatic heterocycles. The van der Waals surface area contributed by atoms with Gasteiger partial charge in [0.15, 0.2) is 0 Å². The minimum Gasteiger partial charge on any atom is -0.403 e. The number of hydrogen-bond acceptors (Lipinski definition) is 3. The molecule has 2 fully saturated rings. The summed E-state index contributed by atoms with van der Waals surface area (Å²) in [5.41, 5.74) is -0.222. The highest BCUT2D eigenvalue weighted by Crippen LogP contribution is 2.47. The molecule has 0 unspecified atom stereocenters. The Morgan fingerprint density at radius 1 is 1.00 bits per heavy atom. The number of rotatable bonds is 3. The third-order valence-electron chi connectivity index (χ3n) is 6.75. The summed E-state index contributed by atoms with van der Waals surface area (Å²) in [6, 6.07) is 10.7. The summed E-state index contributed by atoms with van der Waals surface area (Å²) in [5, 5.41) is 1.43. The zero-order valence-corrected chi connectivity index (χ0v) is 17.5. The molecule has 136 valence electrons. The van der Waals surface area contributed by atoms with Crippen molar-refractivity contribution in [3.63, 3.8) is 0 Å². The van der Waals surface area contributed by atoms with Gasteiger partial charge in [-0.25, -0.2) is 0 Å². The number of hydrogen-bond donors (Lipinski definition) is 0. The zero-order valence-electron chi connectivity index (χ0n) is 16.5. The van der Waals surface area contributed by atoms with Gasteiger partial charge in [0.1, 0.15) is 5.78 Å². The van der Waals surface area contributed by atoms with Crippen molar-refractivity contribution in [3.05, 3.63) is 30.3 Å². The first-order valence-electron chi connectivity index (χ1n) is 9.46. The van der Waals surface area contributed by atoms with Gasteiger partial charge in [0.05, 0.1) is 19.3 Å². The molecule has 0 radical (unpaired) electrons. The van der Waals surface area contributed by atoms with Crippen molar-refractivity contribution in [2.24, 2.45) is 0 Å². The van der Waals surface area contributed by atoms with E-state index in [2.05, 4.69) is 71.1 Å². The van der Waals surface area contributed by atoms with E-state index in [-0.39, 0.29) is 24.1 Å². The topological polar surface area (TPSA) is 35.5 Å². The largest absolute Gasteiger partial charge is 0.461 e. The van der Waals surface area contributed by atoms with Gasteiger partial charge in [-0.1, -0.05) is 55.0 Å². The van der Waals surface area contributed by atoms with Crippen LogP contribution in [-0.4, -0.2) is 32.2 Å². The van der Waals surface area contributed by atoms with Crippen LogP contribution in [0.5, 0.6) is 0 Å². The van der Waals surface area contributed by atoms with Crippen LogP contribution >= 0.6 is 0 Å². The molecule has 2 aliphatic rings. The standard InChI is InChI=1S/C20H31BO3Si/c1-19(2)20(3,4)24-21(23-19)15-12-16(22)14-18(13-15)25(5,6)17-10-8-7-9-11-17/h7-11,15,18H,12-14H2,1-6H3/t15-,18+/m0/s1. The molecule has 1 saturated carbocycles. The second-order valence-electron chi connectivity index (χ2n) is 9.35. The summed E-state index contributed by atoms with van der Waals surface area (Å²) < 4.78 is 12.5. The van der Waals surface area contributed by atoms with Crippen molar-refractivity contribution in [3.8, 4) is 0 Å². The molecule has 1 aromatic rings. The van der Waals surface area contributed by atoms with Crippen molar-refractivity contribution in [1.29, 1.82) is 0 Å². The van der Waals surface area contributed by atoms with E-state index in [1.54, 1.807) is 0 Å². The fraction of sp³-hybridized carbons (Fsp3) is 0.650. The van der Waals surface area contributed by atoms with Crippen LogP contribution in [0.15, 0.2) is 30.3 Å². The lowest BCUT2D eigenvalue weighted by molar-refractivity contribution is -0.120. The van der Waals surface area contributed by atoms with Crippen LogP contribution < -0.4 is 5.19 Å². The lowest BCUT2D eigenvalue weighted by atomic mass is 9.64. The summed E-state index contributed by atoms with van der Waals surface area (Å²) in [7, 11) is -1.98. The van der Waals surface area contributed by atoms with Crippen LogP contribution in [0.2, 0.25) is 24.5 Å². The van der Waals surface area contributed by atoms with Crippen molar-refractivity contribution in [2.75, 3.05) is 0 Å². The second-order valence-corrected chi connectivity index (χ2v) is 14.2. The third kappa shape index (κ3) is 3.51. The van der Waals surface area contributed by atoms with Crippen molar-refractivity contribution in [2.45, 2.75) is 82.6 Å². The first-order chi connectivity index (χ1) is 11.5. The molecule has 2 atom stereocenters. The maximum absolute atomic E-state index is 12.6. The molecule has 1 aliphatic heterocycles. The molecular weight excluding hydrogens is 327 g/mol. The van der Waals surface area contributed by atoms with Crippen molar-refractivity contribution in [1.82, 2.24) is 0 Å². The Kier molecular flexibility index (Phi) is 4.80. The van der Waals surface area contributed by atoms with E-state index < -0.39 is 8.07 Å². The fourth-order valence-corrected chi connectivity index (χ4v) is 7.28. The second kappa shape index (κ2) is 6.36. The lowest BCUT2D eigenvalue weighted by Gasteiger charge is -2.38. The zero-order chi connectivity index (χ0) is 18.5. The van der Waals surface area contributed by atoms with Gasteiger partial charge in [0, 0.05) is 18.7 Å². The van der Waals surface area contributed by atoms with Crippen LogP contribution in [0.25, 0.3) is 0 Å². The maximum atomic E-state index is 12.6. The first-order valence-corrected chi connectivity index (χ1v) is 12.5. The lowest BCUT2D eigenvalue weighted by Crippen LogP contribution is -2.49. The van der Waals surface area contributed by atoms with Gasteiger partial charge in [-0.05, 0) is 33.2 Å². The van der Waals surface area contributed by atoms with E-state index in [1.807, 2.05) is 0 Å². The van der Waals surface area contributed by atoms with Gasteiger partial charge in [0.25, 0.3) is 0 Å². The number of carbonyl (C=O) groups excluding carboxylic acids is 1. The minimum absolute atomic E-state index is 0.169. The summed E-state index contributed by atoms with van der Waals surface area (Å²) in [6.45, 7) is 13.1. The molecule has 3 rings (SSSR count). The van der Waals surface area contributed by atoms with Gasteiger partial charge in [-0.3, -0.25) is 4.79 Å². The summed E-state index contributed by atoms with van der Waals surface area (Å²) >= 11 is 0. The summed E-state index contributed by atoms with van der Waals surface area (Å²) in [6.07, 6.45) is 2.33. The Balaban J connectivity index is 1.80. The molecule has 0 amide bonds. The minimum atomic E-state index is -1.72. The van der Waals surface area contributed by atoms with Gasteiger partial charge in [-0.2, -0.15) is 0 Å². The Labute approximate surface area is 153 Å². The quantitative estimate of drug-likeness (QED) is 0.760. The van der Waals surface area contributed by atoms with E-state index in [9.17, 15) is 4.79 Å². The highest BCUT2D eigenvalue weighted by molar-refractivity contribution is 6.91. The highest BCUT2D eigenvalue weighted by atomic mass is 28.3. The Morgan fingerprint density at radius 3 is 2.12 bits per heavy atom. The van der Waals surface area contributed by atoms with E-state index >= 15 is 0 Å². The predicted octanol–water partition coefficient (Wildman–Crippen LogP) is 4.19. The third-order valence-corrected chi connectivity index (χ3v) is 11.0. The predicted molar refractivity (Wildman–Crippen MR) is 106 cm³/mol. The SMILES string of the molecule is CC1(C)OB([C@H]2CC(=O)C[C@H]([Si](C)(C)c3ccccc3)C2)OC1(C)C. The molecule has 1 aromatic carbocycles. The highest BCUT2D eigenvalue weighted by Gasteiger charge is 2.55. The van der Waals surface area contributed by atoms with Crippen LogP contribution in [0.4, 0.5) is 0 Å². The van der Waals surface area contributed by atoms with E-state index in [0.29, 0.717) is 24.2 Å². The van der Waals surface area contributed by atoms with Crippen LogP contribution in [0.1, 0.15) is 47.0 Å². The Morgan fingerprint density at radius 2 is 1.56 bits per heavy atom. The number of Topliss-reactive ketones (excluding diaryl/α,β-unsaturated/α-hetero) is 1. The first kappa shape index (κ1) is 18.9. The van der Waals surface area contributed by atoms with Crippen LogP contribution in [0.3, 0.4) is 0 Å². The summed E-state index contributed by atoms with van der Waals surface area (Å²) in [5.74, 6) is 0.537. The summed E-state index contributed by atoms with van der Waals surface area (Å²) in [4.78, 5) is 12.6. The molecule has 1 saturated heterocycles. The van der Waals surface area contributed by atoms with Crippen molar-refractivity contribution < 1.29 is 14.1 Å². The van der Waals surface area contributed by atoms with Gasteiger partial charge in [0.2, 0.25) is 0 Å². The monoisotopic (exact) mass is 358 g/mol. The van der Waals surface area contributed by atoms with Crippen LogP contribution in [-0.2, 0) is 14.1 Å². The smallest absolute Gasteiger partial charge is 0.403 e. The number of benzene rings is 1. The fourth-order valence-electron chi connectivity index (χ4n) is 4.12. The average molecular weight is 358 g/mol. The molecule has 5 heteroatoms. The van der Waals surface area contributed by atoms with E-state index in [1.165, 1.54) is 5.19 Å². The molecule has 3 nitrogen and oxygen atoms in total. The average Bonchev–Trinajstić information content (AvgIpc) is 2.76. The maximum Gasteiger partial charge on any atom is 0.461 e. The van der Waals surface area contributed by atoms with E-state index in [4.69, 9.17) is 9.31 Å². The van der Waals surface area contributed by atoms with Gasteiger partial charge >= 0.3 is 7.12 Å². The molecule has 1 heterocycles. The number of carbonyl (C=O) groups is 1. The molecule has 0 bridgehead atoms. The molecule has 1 aliphatic carbocycles. The van der Waals surface area contributed by atoms with Gasteiger partial charge < -0.3 is 9.31 Å². The van der Waals surface area contributed by atoms with Crippen molar-refractivity contribution >= 4 is 26.2 Å². The van der Waals surface area contributed by atoms with E-state index in [0.717, 1.165) is 6.42 Å². The molecule has 0 N–H and O–H groups in total. The molecular formula is C20H31BO3Si. The number of ketones is 1. The molecule has 25 heavy (non-hydrogen) atoms. The molecule has 0 spiro atoms. The Bertz CT molecular complexity index is 626. The van der Waals surface area contributed by atoms with Crippen LogP contribution in [0, 0.1) is 0 Å². The van der Waals surface area contributed by atoms with Gasteiger partial charge in [-0.15, -0.1) is 0 Å². The Hall–Kier alpha value is -0.908.